The first-order valence-corrected chi connectivity index (χ1v) is 10.1. The number of hydrogen-bond donors (Lipinski definition) is 2. The van der Waals surface area contributed by atoms with Gasteiger partial charge in [-0.15, -0.1) is 0 Å². The zero-order valence-electron chi connectivity index (χ0n) is 16.7. The highest BCUT2D eigenvalue weighted by Gasteiger charge is 2.44. The van der Waals surface area contributed by atoms with Crippen molar-refractivity contribution in [3.05, 3.63) is 34.9 Å². The van der Waals surface area contributed by atoms with Gasteiger partial charge in [0, 0.05) is 19.0 Å². The molecule has 3 heterocycles. The molecule has 1 aromatic carbocycles. The van der Waals surface area contributed by atoms with Crippen molar-refractivity contribution >= 4 is 23.6 Å². The highest BCUT2D eigenvalue weighted by molar-refractivity contribution is 6.23. The Morgan fingerprint density at radius 2 is 1.86 bits per heavy atom. The van der Waals surface area contributed by atoms with Crippen LogP contribution in [0.5, 0.6) is 0 Å². The van der Waals surface area contributed by atoms with Crippen molar-refractivity contribution < 1.29 is 19.2 Å². The first-order chi connectivity index (χ1) is 13.9. The van der Waals surface area contributed by atoms with E-state index >= 15 is 0 Å². The second-order valence-corrected chi connectivity index (χ2v) is 8.28. The molecule has 0 spiro atoms. The Labute approximate surface area is 169 Å². The zero-order valence-corrected chi connectivity index (χ0v) is 16.7. The van der Waals surface area contributed by atoms with Crippen molar-refractivity contribution in [1.82, 2.24) is 20.4 Å². The lowest BCUT2D eigenvalue weighted by Crippen LogP contribution is -2.54. The smallest absolute Gasteiger partial charge is 0.262 e. The number of fused-ring (bicyclic) bond motifs is 1. The van der Waals surface area contributed by atoms with E-state index in [1.54, 1.807) is 12.1 Å². The minimum Gasteiger partial charge on any atom is -0.316 e. The monoisotopic (exact) mass is 398 g/mol. The Hall–Kier alpha value is -2.58. The Morgan fingerprint density at radius 3 is 2.59 bits per heavy atom. The van der Waals surface area contributed by atoms with Gasteiger partial charge in [0.05, 0.1) is 11.1 Å². The Bertz CT molecular complexity index is 883. The van der Waals surface area contributed by atoms with Gasteiger partial charge in [-0.25, -0.2) is 0 Å². The van der Waals surface area contributed by atoms with Crippen LogP contribution in [0.4, 0.5) is 0 Å². The molecule has 0 aromatic heterocycles. The summed E-state index contributed by atoms with van der Waals surface area (Å²) in [7, 11) is 2.09. The standard InChI is InChI=1S/C21H26N4O4/c1-12-10-22-8-7-16(12)24(2)11-13-3-4-14-15(9-13)21(29)25(20(14)28)17-5-6-18(26)23-19(17)27/h3-4,9,12,16-17,22H,5-8,10-11H2,1-2H3,(H,23,26,27). The largest absolute Gasteiger partial charge is 0.316 e. The first kappa shape index (κ1) is 19.7. The van der Waals surface area contributed by atoms with Gasteiger partial charge in [0.2, 0.25) is 11.8 Å². The summed E-state index contributed by atoms with van der Waals surface area (Å²) in [6.07, 6.45) is 1.36. The van der Waals surface area contributed by atoms with E-state index in [0.29, 0.717) is 29.6 Å². The number of piperidine rings is 2. The summed E-state index contributed by atoms with van der Waals surface area (Å²) in [5.41, 5.74) is 1.62. The maximum Gasteiger partial charge on any atom is 0.262 e. The quantitative estimate of drug-likeness (QED) is 0.718. The SMILES string of the molecule is CC1CNCCC1N(C)Cc1ccc2c(c1)C(=O)N(C1CCC(=O)NC1=O)C2=O. The number of amides is 4. The third-order valence-corrected chi connectivity index (χ3v) is 6.24. The van der Waals surface area contributed by atoms with Crippen LogP contribution in [0, 0.1) is 5.92 Å². The molecule has 154 valence electrons. The van der Waals surface area contributed by atoms with E-state index in [0.717, 1.165) is 30.0 Å². The third kappa shape index (κ3) is 3.58. The van der Waals surface area contributed by atoms with Crippen LogP contribution in [0.25, 0.3) is 0 Å². The molecule has 8 heteroatoms. The Balaban J connectivity index is 1.52. The van der Waals surface area contributed by atoms with Crippen molar-refractivity contribution in [3.8, 4) is 0 Å². The van der Waals surface area contributed by atoms with E-state index in [1.807, 2.05) is 6.07 Å². The molecule has 0 radical (unpaired) electrons. The fraction of sp³-hybridized carbons (Fsp3) is 0.524. The summed E-state index contributed by atoms with van der Waals surface area (Å²) in [6, 6.07) is 4.85. The van der Waals surface area contributed by atoms with Crippen LogP contribution in [0.15, 0.2) is 18.2 Å². The average molecular weight is 398 g/mol. The van der Waals surface area contributed by atoms with Gasteiger partial charge >= 0.3 is 0 Å². The van der Waals surface area contributed by atoms with Crippen LogP contribution in [0.1, 0.15) is 52.5 Å². The normalized spacial score (nSPS) is 27.4. The lowest BCUT2D eigenvalue weighted by Gasteiger charge is -2.36. The van der Waals surface area contributed by atoms with Crippen LogP contribution in [-0.4, -0.2) is 65.6 Å². The van der Waals surface area contributed by atoms with E-state index in [1.165, 1.54) is 0 Å². The summed E-state index contributed by atoms with van der Waals surface area (Å²) < 4.78 is 0. The fourth-order valence-electron chi connectivity index (χ4n) is 4.68. The van der Waals surface area contributed by atoms with Gasteiger partial charge in [-0.1, -0.05) is 13.0 Å². The van der Waals surface area contributed by atoms with Crippen LogP contribution in [-0.2, 0) is 16.1 Å². The molecule has 3 aliphatic rings. The summed E-state index contributed by atoms with van der Waals surface area (Å²) >= 11 is 0. The molecule has 1 aromatic rings. The van der Waals surface area contributed by atoms with Crippen LogP contribution in [0.3, 0.4) is 0 Å². The van der Waals surface area contributed by atoms with E-state index in [4.69, 9.17) is 0 Å². The van der Waals surface area contributed by atoms with Crippen molar-refractivity contribution in [2.45, 2.75) is 44.8 Å². The highest BCUT2D eigenvalue weighted by atomic mass is 16.2. The van der Waals surface area contributed by atoms with Crippen molar-refractivity contribution in [3.63, 3.8) is 0 Å². The number of carbonyl (C=O) groups excluding carboxylic acids is 4. The molecular formula is C21H26N4O4. The van der Waals surface area contributed by atoms with Crippen LogP contribution in [0.2, 0.25) is 0 Å². The minimum atomic E-state index is -0.929. The van der Waals surface area contributed by atoms with Crippen LogP contribution < -0.4 is 10.6 Å². The van der Waals surface area contributed by atoms with Crippen molar-refractivity contribution in [2.75, 3.05) is 20.1 Å². The van der Waals surface area contributed by atoms with E-state index < -0.39 is 23.8 Å². The second-order valence-electron chi connectivity index (χ2n) is 8.28. The first-order valence-electron chi connectivity index (χ1n) is 10.1. The molecule has 0 saturated carbocycles. The number of rotatable bonds is 4. The lowest BCUT2D eigenvalue weighted by molar-refractivity contribution is -0.136. The molecule has 4 rings (SSSR count). The molecule has 3 atom stereocenters. The number of benzene rings is 1. The Morgan fingerprint density at radius 1 is 1.10 bits per heavy atom. The van der Waals surface area contributed by atoms with Gasteiger partial charge in [0.15, 0.2) is 0 Å². The lowest BCUT2D eigenvalue weighted by atomic mass is 9.93. The van der Waals surface area contributed by atoms with Gasteiger partial charge in [0.1, 0.15) is 6.04 Å². The fourth-order valence-corrected chi connectivity index (χ4v) is 4.68. The molecule has 2 N–H and O–H groups in total. The summed E-state index contributed by atoms with van der Waals surface area (Å²) in [5, 5.41) is 5.62. The van der Waals surface area contributed by atoms with E-state index in [2.05, 4.69) is 29.5 Å². The molecule has 8 nitrogen and oxygen atoms in total. The topological polar surface area (TPSA) is 98.8 Å². The van der Waals surface area contributed by atoms with E-state index in [-0.39, 0.29) is 18.7 Å². The molecule has 29 heavy (non-hydrogen) atoms. The molecule has 2 fully saturated rings. The third-order valence-electron chi connectivity index (χ3n) is 6.24. The van der Waals surface area contributed by atoms with Gasteiger partial charge in [0.25, 0.3) is 11.8 Å². The number of nitrogens with one attached hydrogen (secondary N) is 2. The number of carbonyl (C=O) groups is 4. The molecular weight excluding hydrogens is 372 g/mol. The molecule has 3 unspecified atom stereocenters. The second kappa shape index (κ2) is 7.68. The Kier molecular flexibility index (Phi) is 5.23. The molecule has 0 bridgehead atoms. The van der Waals surface area contributed by atoms with E-state index in [9.17, 15) is 19.2 Å². The average Bonchev–Trinajstić information content (AvgIpc) is 2.93. The van der Waals surface area contributed by atoms with Crippen molar-refractivity contribution in [2.24, 2.45) is 5.92 Å². The minimum absolute atomic E-state index is 0.119. The van der Waals surface area contributed by atoms with Gasteiger partial charge in [-0.05, 0) is 56.6 Å². The van der Waals surface area contributed by atoms with Crippen molar-refractivity contribution in [1.29, 1.82) is 0 Å². The molecule has 2 saturated heterocycles. The van der Waals surface area contributed by atoms with Gasteiger partial charge in [-0.2, -0.15) is 0 Å². The summed E-state index contributed by atoms with van der Waals surface area (Å²) in [4.78, 5) is 52.6. The maximum absolute atomic E-state index is 12.9. The highest BCUT2D eigenvalue weighted by Crippen LogP contribution is 2.29. The predicted octanol–water partition coefficient (Wildman–Crippen LogP) is 0.518. The summed E-state index contributed by atoms with van der Waals surface area (Å²) in [5.74, 6) is -1.35. The predicted molar refractivity (Wildman–Crippen MR) is 105 cm³/mol. The molecule has 4 amide bonds. The van der Waals surface area contributed by atoms with Crippen LogP contribution >= 0.6 is 0 Å². The number of hydrogen-bond acceptors (Lipinski definition) is 6. The number of nitrogens with zero attached hydrogens (tertiary/aromatic N) is 2. The maximum atomic E-state index is 12.9. The van der Waals surface area contributed by atoms with Gasteiger partial charge in [-0.3, -0.25) is 34.3 Å². The van der Waals surface area contributed by atoms with Gasteiger partial charge < -0.3 is 5.32 Å². The number of imide groups is 2. The summed E-state index contributed by atoms with van der Waals surface area (Å²) in [6.45, 7) is 4.91. The molecule has 0 aliphatic carbocycles. The molecule has 3 aliphatic heterocycles. The zero-order chi connectivity index (χ0) is 20.7.